The van der Waals surface area contributed by atoms with Gasteiger partial charge in [0, 0.05) is 19.1 Å². The van der Waals surface area contributed by atoms with E-state index in [1.807, 2.05) is 6.92 Å². The topological polar surface area (TPSA) is 39.1 Å². The fourth-order valence-corrected chi connectivity index (χ4v) is 2.22. The molecule has 3 nitrogen and oxygen atoms in total. The van der Waals surface area contributed by atoms with Crippen molar-refractivity contribution in [2.75, 3.05) is 19.6 Å². The van der Waals surface area contributed by atoms with Crippen LogP contribution in [0.2, 0.25) is 0 Å². The summed E-state index contributed by atoms with van der Waals surface area (Å²) in [4.78, 5) is 2.48. The first-order chi connectivity index (χ1) is 7.99. The van der Waals surface area contributed by atoms with E-state index in [4.69, 9.17) is 0 Å². The summed E-state index contributed by atoms with van der Waals surface area (Å²) in [6.07, 6.45) is 3.70. The van der Waals surface area contributed by atoms with E-state index in [2.05, 4.69) is 37.1 Å². The molecule has 1 fully saturated rings. The van der Waals surface area contributed by atoms with Crippen LogP contribution in [0.5, 0.6) is 0 Å². The number of nitriles is 1. The minimum absolute atomic E-state index is 0.359. The monoisotopic (exact) mass is 237 g/mol. The van der Waals surface area contributed by atoms with Crippen LogP contribution in [0.1, 0.15) is 47.0 Å². The van der Waals surface area contributed by atoms with Crippen molar-refractivity contribution >= 4 is 0 Å². The number of nitrogens with one attached hydrogen (secondary N) is 1. The van der Waals surface area contributed by atoms with E-state index in [0.717, 1.165) is 25.4 Å². The zero-order chi connectivity index (χ0) is 12.9. The Balaban J connectivity index is 2.36. The summed E-state index contributed by atoms with van der Waals surface area (Å²) in [5, 5.41) is 12.6. The van der Waals surface area contributed by atoms with Crippen molar-refractivity contribution in [3.63, 3.8) is 0 Å². The highest BCUT2D eigenvalue weighted by Crippen LogP contribution is 2.29. The van der Waals surface area contributed by atoms with E-state index in [9.17, 15) is 5.26 Å². The molecular weight excluding hydrogens is 210 g/mol. The molecule has 1 atom stereocenters. The van der Waals surface area contributed by atoms with Gasteiger partial charge < -0.3 is 4.90 Å². The van der Waals surface area contributed by atoms with Crippen molar-refractivity contribution in [1.29, 1.82) is 5.26 Å². The molecule has 3 heteroatoms. The van der Waals surface area contributed by atoms with E-state index in [1.54, 1.807) is 0 Å². The molecule has 1 saturated carbocycles. The lowest BCUT2D eigenvalue weighted by Gasteiger charge is -2.29. The van der Waals surface area contributed by atoms with E-state index in [0.29, 0.717) is 6.04 Å². The normalized spacial score (nSPS) is 19.4. The molecule has 0 heterocycles. The van der Waals surface area contributed by atoms with Gasteiger partial charge >= 0.3 is 0 Å². The molecule has 98 valence electrons. The molecule has 1 rings (SSSR count). The molecule has 1 aliphatic carbocycles. The van der Waals surface area contributed by atoms with Crippen LogP contribution >= 0.6 is 0 Å². The molecule has 0 amide bonds. The Morgan fingerprint density at radius 1 is 1.47 bits per heavy atom. The Morgan fingerprint density at radius 2 is 2.12 bits per heavy atom. The molecule has 0 saturated heterocycles. The van der Waals surface area contributed by atoms with E-state index >= 15 is 0 Å². The third-order valence-electron chi connectivity index (χ3n) is 3.44. The molecule has 0 aromatic carbocycles. The van der Waals surface area contributed by atoms with Gasteiger partial charge in [-0.25, -0.2) is 0 Å². The van der Waals surface area contributed by atoms with E-state index < -0.39 is 0 Å². The summed E-state index contributed by atoms with van der Waals surface area (Å²) in [7, 11) is 0. The fourth-order valence-electron chi connectivity index (χ4n) is 2.22. The largest absolute Gasteiger partial charge is 0.303 e. The van der Waals surface area contributed by atoms with Crippen molar-refractivity contribution in [3.8, 4) is 6.07 Å². The third kappa shape index (κ3) is 5.52. The Kier molecular flexibility index (Phi) is 5.42. The van der Waals surface area contributed by atoms with Crippen LogP contribution < -0.4 is 5.32 Å². The van der Waals surface area contributed by atoms with E-state index in [1.165, 1.54) is 19.4 Å². The molecule has 1 aliphatic rings. The van der Waals surface area contributed by atoms with E-state index in [-0.39, 0.29) is 5.54 Å². The van der Waals surface area contributed by atoms with Crippen LogP contribution in [-0.2, 0) is 0 Å². The molecule has 0 radical (unpaired) electrons. The number of rotatable bonds is 8. The molecule has 0 spiro atoms. The zero-order valence-corrected chi connectivity index (χ0v) is 11.8. The maximum absolute atomic E-state index is 9.28. The SMILES string of the molecule is CCN(CCC(C)(C#N)NC(C)C)CC1CC1. The molecule has 1 unspecified atom stereocenters. The second-order valence-electron chi connectivity index (χ2n) is 5.83. The van der Waals surface area contributed by atoms with Crippen molar-refractivity contribution in [2.45, 2.75) is 58.5 Å². The number of hydrogen-bond acceptors (Lipinski definition) is 3. The van der Waals surface area contributed by atoms with Gasteiger partial charge in [-0.15, -0.1) is 0 Å². The molecular formula is C14H27N3. The van der Waals surface area contributed by atoms with Crippen molar-refractivity contribution in [1.82, 2.24) is 10.2 Å². The van der Waals surface area contributed by atoms with Gasteiger partial charge in [-0.05, 0) is 52.5 Å². The molecule has 0 aromatic heterocycles. The Hall–Kier alpha value is -0.590. The van der Waals surface area contributed by atoms with Gasteiger partial charge in [-0.1, -0.05) is 6.92 Å². The summed E-state index contributed by atoms with van der Waals surface area (Å²) < 4.78 is 0. The lowest BCUT2D eigenvalue weighted by Crippen LogP contribution is -2.47. The predicted octanol–water partition coefficient (Wildman–Crippen LogP) is 2.39. The highest BCUT2D eigenvalue weighted by atomic mass is 15.1. The van der Waals surface area contributed by atoms with Gasteiger partial charge in [-0.3, -0.25) is 5.32 Å². The van der Waals surface area contributed by atoms with Crippen LogP contribution in [0.15, 0.2) is 0 Å². The molecule has 0 aliphatic heterocycles. The van der Waals surface area contributed by atoms with Crippen molar-refractivity contribution in [2.24, 2.45) is 5.92 Å². The lowest BCUT2D eigenvalue weighted by atomic mass is 9.98. The minimum Gasteiger partial charge on any atom is -0.303 e. The van der Waals surface area contributed by atoms with Gasteiger partial charge in [0.05, 0.1) is 6.07 Å². The first-order valence-electron chi connectivity index (χ1n) is 6.90. The second-order valence-corrected chi connectivity index (χ2v) is 5.83. The molecule has 0 aromatic rings. The summed E-state index contributed by atoms with van der Waals surface area (Å²) in [5.41, 5.74) is -0.384. The zero-order valence-electron chi connectivity index (χ0n) is 11.8. The van der Waals surface area contributed by atoms with Gasteiger partial charge in [0.15, 0.2) is 0 Å². The third-order valence-corrected chi connectivity index (χ3v) is 3.44. The highest BCUT2D eigenvalue weighted by molar-refractivity contribution is 5.04. The summed E-state index contributed by atoms with van der Waals surface area (Å²) in [5.74, 6) is 0.932. The molecule has 0 bridgehead atoms. The number of hydrogen-bond donors (Lipinski definition) is 1. The Labute approximate surface area is 106 Å². The summed E-state index contributed by atoms with van der Waals surface area (Å²) in [6, 6.07) is 2.78. The van der Waals surface area contributed by atoms with Gasteiger partial charge in [-0.2, -0.15) is 5.26 Å². The van der Waals surface area contributed by atoms with Crippen LogP contribution in [0, 0.1) is 17.2 Å². The summed E-state index contributed by atoms with van der Waals surface area (Å²) in [6.45, 7) is 11.8. The highest BCUT2D eigenvalue weighted by Gasteiger charge is 2.27. The average Bonchev–Trinajstić information content (AvgIpc) is 3.07. The fraction of sp³-hybridized carbons (Fsp3) is 0.929. The van der Waals surface area contributed by atoms with Crippen molar-refractivity contribution in [3.05, 3.63) is 0 Å². The first-order valence-corrected chi connectivity index (χ1v) is 6.90. The standard InChI is InChI=1S/C14H27N3/c1-5-17(10-13-6-7-13)9-8-14(4,11-15)16-12(2)3/h12-13,16H,5-10H2,1-4H3. The van der Waals surface area contributed by atoms with Crippen LogP contribution in [-0.4, -0.2) is 36.1 Å². The predicted molar refractivity (Wildman–Crippen MR) is 71.7 cm³/mol. The Bertz CT molecular complexity index is 265. The average molecular weight is 237 g/mol. The molecule has 17 heavy (non-hydrogen) atoms. The Morgan fingerprint density at radius 3 is 2.53 bits per heavy atom. The van der Waals surface area contributed by atoms with Gasteiger partial charge in [0.1, 0.15) is 5.54 Å². The maximum Gasteiger partial charge on any atom is 0.105 e. The second kappa shape index (κ2) is 6.37. The quantitative estimate of drug-likeness (QED) is 0.704. The van der Waals surface area contributed by atoms with Crippen LogP contribution in [0.4, 0.5) is 0 Å². The molecule has 1 N–H and O–H groups in total. The van der Waals surface area contributed by atoms with Gasteiger partial charge in [0.25, 0.3) is 0 Å². The van der Waals surface area contributed by atoms with Crippen LogP contribution in [0.3, 0.4) is 0 Å². The first kappa shape index (κ1) is 14.5. The van der Waals surface area contributed by atoms with Crippen molar-refractivity contribution < 1.29 is 0 Å². The minimum atomic E-state index is -0.384. The van der Waals surface area contributed by atoms with Gasteiger partial charge in [0.2, 0.25) is 0 Å². The maximum atomic E-state index is 9.28. The lowest BCUT2D eigenvalue weighted by molar-refractivity contribution is 0.242. The van der Waals surface area contributed by atoms with Crippen LogP contribution in [0.25, 0.3) is 0 Å². The smallest absolute Gasteiger partial charge is 0.105 e. The number of nitrogens with zero attached hydrogens (tertiary/aromatic N) is 2. The summed E-state index contributed by atoms with van der Waals surface area (Å²) >= 11 is 0.